The average Bonchev–Trinajstić information content (AvgIpc) is 3.08. The van der Waals surface area contributed by atoms with Crippen molar-refractivity contribution in [2.45, 2.75) is 19.9 Å². The van der Waals surface area contributed by atoms with E-state index in [1.807, 2.05) is 0 Å². The van der Waals surface area contributed by atoms with E-state index in [0.29, 0.717) is 11.4 Å². The molecule has 28 heavy (non-hydrogen) atoms. The lowest BCUT2D eigenvalue weighted by Gasteiger charge is -2.29. The Labute approximate surface area is 160 Å². The van der Waals surface area contributed by atoms with Crippen molar-refractivity contribution in [1.29, 1.82) is 0 Å². The van der Waals surface area contributed by atoms with Gasteiger partial charge in [0.2, 0.25) is 0 Å². The molecule has 0 saturated carbocycles. The summed E-state index contributed by atoms with van der Waals surface area (Å²) >= 11 is 0. The Morgan fingerprint density at radius 1 is 1.18 bits per heavy atom. The highest BCUT2D eigenvalue weighted by molar-refractivity contribution is 6.07. The Hall–Kier alpha value is -3.68. The number of hydrogen-bond donors (Lipinski definition) is 4. The number of carbonyl (C=O) groups is 2. The van der Waals surface area contributed by atoms with Gasteiger partial charge < -0.3 is 16.0 Å². The van der Waals surface area contributed by atoms with Crippen molar-refractivity contribution in [3.05, 3.63) is 70.8 Å². The van der Waals surface area contributed by atoms with Crippen molar-refractivity contribution in [1.82, 2.24) is 20.8 Å². The largest absolute Gasteiger partial charge is 0.327 e. The van der Waals surface area contributed by atoms with Crippen LogP contribution in [0.25, 0.3) is 10.9 Å². The van der Waals surface area contributed by atoms with Gasteiger partial charge in [0.1, 0.15) is 5.82 Å². The molecule has 2 aromatic carbocycles. The third-order valence-corrected chi connectivity index (χ3v) is 4.68. The number of anilines is 1. The molecule has 1 aliphatic rings. The van der Waals surface area contributed by atoms with Crippen LogP contribution in [-0.2, 0) is 4.79 Å². The number of nitrogens with zero attached hydrogens (tertiary/aromatic N) is 1. The van der Waals surface area contributed by atoms with Crippen LogP contribution in [0.15, 0.2) is 53.9 Å². The molecule has 4 N–H and O–H groups in total. The molecule has 142 valence electrons. The summed E-state index contributed by atoms with van der Waals surface area (Å²) in [6.45, 7) is 3.39. The van der Waals surface area contributed by atoms with E-state index in [1.54, 1.807) is 50.4 Å². The lowest BCUT2D eigenvalue weighted by Crippen LogP contribution is -2.46. The van der Waals surface area contributed by atoms with Gasteiger partial charge in [-0.15, -0.1) is 0 Å². The van der Waals surface area contributed by atoms with Crippen LogP contribution in [0.1, 0.15) is 24.1 Å². The summed E-state index contributed by atoms with van der Waals surface area (Å²) in [6, 6.07) is 8.64. The van der Waals surface area contributed by atoms with Crippen LogP contribution < -0.4 is 16.0 Å². The number of halogens is 1. The fourth-order valence-electron chi connectivity index (χ4n) is 3.31. The first-order chi connectivity index (χ1) is 13.4. The fourth-order valence-corrected chi connectivity index (χ4v) is 3.31. The molecular weight excluding hydrogens is 361 g/mol. The Kier molecular flexibility index (Phi) is 4.31. The van der Waals surface area contributed by atoms with Gasteiger partial charge in [-0.25, -0.2) is 9.18 Å². The molecule has 0 fully saturated rings. The summed E-state index contributed by atoms with van der Waals surface area (Å²) in [5.74, 6) is -0.914. The van der Waals surface area contributed by atoms with Crippen LogP contribution >= 0.6 is 0 Å². The zero-order chi connectivity index (χ0) is 19.8. The molecule has 1 aromatic heterocycles. The highest BCUT2D eigenvalue weighted by Gasteiger charge is 2.32. The van der Waals surface area contributed by atoms with Gasteiger partial charge in [-0.05, 0) is 43.7 Å². The summed E-state index contributed by atoms with van der Waals surface area (Å²) < 4.78 is 14.6. The molecule has 4 rings (SSSR count). The maximum atomic E-state index is 14.6. The van der Waals surface area contributed by atoms with Crippen molar-refractivity contribution in [2.24, 2.45) is 0 Å². The van der Waals surface area contributed by atoms with E-state index in [-0.39, 0.29) is 11.1 Å². The topological polar surface area (TPSA) is 98.9 Å². The lowest BCUT2D eigenvalue weighted by atomic mass is 9.93. The normalized spacial score (nSPS) is 16.7. The van der Waals surface area contributed by atoms with Gasteiger partial charge >= 0.3 is 6.03 Å². The Bertz CT molecular complexity index is 1130. The van der Waals surface area contributed by atoms with E-state index in [9.17, 15) is 14.0 Å². The van der Waals surface area contributed by atoms with E-state index >= 15 is 0 Å². The molecule has 0 spiro atoms. The van der Waals surface area contributed by atoms with Gasteiger partial charge in [-0.2, -0.15) is 5.10 Å². The van der Waals surface area contributed by atoms with Gasteiger partial charge in [0.05, 0.1) is 23.3 Å². The third-order valence-electron chi connectivity index (χ3n) is 4.68. The predicted octanol–water partition coefficient (Wildman–Crippen LogP) is 3.28. The number of H-pyrrole nitrogens is 1. The van der Waals surface area contributed by atoms with E-state index < -0.39 is 23.8 Å². The quantitative estimate of drug-likeness (QED) is 0.562. The second kappa shape index (κ2) is 6.80. The number of nitrogens with one attached hydrogen (secondary N) is 4. The molecule has 0 aliphatic carbocycles. The number of fused-ring (bicyclic) bond motifs is 1. The minimum atomic E-state index is -0.896. The first kappa shape index (κ1) is 17.7. The van der Waals surface area contributed by atoms with Crippen molar-refractivity contribution in [3.63, 3.8) is 0 Å². The predicted molar refractivity (Wildman–Crippen MR) is 103 cm³/mol. The van der Waals surface area contributed by atoms with E-state index in [2.05, 4.69) is 26.1 Å². The smallest absolute Gasteiger partial charge is 0.319 e. The summed E-state index contributed by atoms with van der Waals surface area (Å²) in [6.07, 6.45) is 1.66. The third kappa shape index (κ3) is 3.20. The van der Waals surface area contributed by atoms with Gasteiger partial charge in [-0.3, -0.25) is 9.89 Å². The average molecular weight is 379 g/mol. The molecule has 1 unspecified atom stereocenters. The minimum Gasteiger partial charge on any atom is -0.327 e. The zero-order valence-corrected chi connectivity index (χ0v) is 15.3. The summed E-state index contributed by atoms with van der Waals surface area (Å²) in [5.41, 5.74) is 3.01. The number of urea groups is 1. The van der Waals surface area contributed by atoms with Crippen molar-refractivity contribution < 1.29 is 14.0 Å². The number of aromatic nitrogens is 2. The molecule has 3 aromatic rings. The van der Waals surface area contributed by atoms with Crippen LogP contribution in [0.2, 0.25) is 0 Å². The van der Waals surface area contributed by atoms with Crippen molar-refractivity contribution in [3.8, 4) is 0 Å². The number of rotatable bonds is 3. The van der Waals surface area contributed by atoms with Gasteiger partial charge in [-0.1, -0.05) is 12.1 Å². The Morgan fingerprint density at radius 3 is 2.79 bits per heavy atom. The number of benzene rings is 2. The highest BCUT2D eigenvalue weighted by atomic mass is 19.1. The van der Waals surface area contributed by atoms with Crippen LogP contribution in [0.3, 0.4) is 0 Å². The van der Waals surface area contributed by atoms with Crippen LogP contribution in [0.4, 0.5) is 14.9 Å². The number of hydrogen-bond acceptors (Lipinski definition) is 3. The summed E-state index contributed by atoms with van der Waals surface area (Å²) in [7, 11) is 0. The van der Waals surface area contributed by atoms with Crippen LogP contribution in [0.5, 0.6) is 0 Å². The van der Waals surface area contributed by atoms with E-state index in [4.69, 9.17) is 0 Å². The number of amides is 3. The van der Waals surface area contributed by atoms with E-state index in [0.717, 1.165) is 16.5 Å². The lowest BCUT2D eigenvalue weighted by molar-refractivity contribution is -0.113. The fraction of sp³-hybridized carbons (Fsp3) is 0.150. The minimum absolute atomic E-state index is 0.232. The Balaban J connectivity index is 1.69. The number of allylic oxidation sites excluding steroid dienone is 1. The molecule has 8 heteroatoms. The number of aromatic amines is 1. The number of carbonyl (C=O) groups excluding carboxylic acids is 2. The first-order valence-electron chi connectivity index (χ1n) is 8.71. The van der Waals surface area contributed by atoms with Gasteiger partial charge in [0.25, 0.3) is 5.91 Å². The number of aryl methyl sites for hydroxylation is 1. The highest BCUT2D eigenvalue weighted by Crippen LogP contribution is 2.30. The Morgan fingerprint density at radius 2 is 2.00 bits per heavy atom. The molecular formula is C20H18FN5O2. The van der Waals surface area contributed by atoms with Crippen LogP contribution in [0, 0.1) is 12.7 Å². The maximum Gasteiger partial charge on any atom is 0.319 e. The van der Waals surface area contributed by atoms with Crippen LogP contribution in [-0.4, -0.2) is 22.1 Å². The monoisotopic (exact) mass is 379 g/mol. The second-order valence-corrected chi connectivity index (χ2v) is 6.72. The van der Waals surface area contributed by atoms with Crippen molar-refractivity contribution in [2.75, 3.05) is 5.32 Å². The molecule has 7 nitrogen and oxygen atoms in total. The zero-order valence-electron chi connectivity index (χ0n) is 15.3. The molecule has 0 saturated heterocycles. The second-order valence-electron chi connectivity index (χ2n) is 6.72. The molecule has 1 aliphatic heterocycles. The molecule has 1 atom stereocenters. The first-order valence-corrected chi connectivity index (χ1v) is 8.71. The molecule has 2 heterocycles. The maximum absolute atomic E-state index is 14.6. The van der Waals surface area contributed by atoms with Gasteiger partial charge in [0, 0.05) is 22.3 Å². The molecule has 0 bridgehead atoms. The summed E-state index contributed by atoms with van der Waals surface area (Å²) in [4.78, 5) is 25.0. The molecule has 0 radical (unpaired) electrons. The SMILES string of the molecule is CC1=C(C(=O)Nc2ccc3[nH]ncc3c2)C(c2ccc(C)cc2F)NC(=O)N1. The van der Waals surface area contributed by atoms with Gasteiger partial charge in [0.15, 0.2) is 0 Å². The standard InChI is InChI=1S/C20H18FN5O2/c1-10-3-5-14(15(21)7-10)18-17(11(2)23-20(28)25-18)19(27)24-13-4-6-16-12(8-13)9-22-26-16/h3-9,18H,1-2H3,(H,22,26)(H,24,27)(H2,23,25,28). The van der Waals surface area contributed by atoms with Crippen molar-refractivity contribution >= 4 is 28.5 Å². The van der Waals surface area contributed by atoms with E-state index in [1.165, 1.54) is 6.07 Å². The summed E-state index contributed by atoms with van der Waals surface area (Å²) in [5, 5.41) is 15.7. The molecule has 3 amide bonds.